The SMILES string of the molecule is C[C@]12CC[C@H](O)CC1=CC[C@@H]1C2CC[C@]2(C)C(=O)CC[C@@H]12. The van der Waals surface area contributed by atoms with Crippen molar-refractivity contribution in [3.05, 3.63) is 11.6 Å². The molecule has 4 aliphatic carbocycles. The molecule has 2 heteroatoms. The number of fused-ring (bicyclic) bond motifs is 5. The van der Waals surface area contributed by atoms with Gasteiger partial charge in [0.25, 0.3) is 0 Å². The molecule has 3 fully saturated rings. The summed E-state index contributed by atoms with van der Waals surface area (Å²) in [6.07, 6.45) is 10.7. The Labute approximate surface area is 128 Å². The minimum Gasteiger partial charge on any atom is -0.393 e. The molecule has 21 heavy (non-hydrogen) atoms. The molecule has 0 heterocycles. The van der Waals surface area contributed by atoms with Crippen LogP contribution < -0.4 is 0 Å². The highest BCUT2D eigenvalue weighted by molar-refractivity contribution is 5.87. The number of hydrogen-bond donors (Lipinski definition) is 1. The molecule has 0 aromatic heterocycles. The zero-order valence-corrected chi connectivity index (χ0v) is 13.4. The number of carbonyl (C=O) groups excluding carboxylic acids is 1. The lowest BCUT2D eigenvalue weighted by molar-refractivity contribution is -0.132. The van der Waals surface area contributed by atoms with Crippen LogP contribution in [0.15, 0.2) is 11.6 Å². The number of aliphatic hydroxyl groups excluding tert-OH is 1. The van der Waals surface area contributed by atoms with E-state index in [1.807, 2.05) is 0 Å². The molecule has 1 unspecified atom stereocenters. The van der Waals surface area contributed by atoms with Crippen LogP contribution in [0, 0.1) is 28.6 Å². The van der Waals surface area contributed by atoms with Crippen LogP contribution >= 0.6 is 0 Å². The van der Waals surface area contributed by atoms with Crippen LogP contribution in [0.4, 0.5) is 0 Å². The van der Waals surface area contributed by atoms with Crippen molar-refractivity contribution in [2.45, 2.75) is 71.3 Å². The molecule has 6 atom stereocenters. The Morgan fingerprint density at radius 2 is 1.81 bits per heavy atom. The molecule has 0 saturated heterocycles. The first-order valence-corrected chi connectivity index (χ1v) is 8.86. The largest absolute Gasteiger partial charge is 0.393 e. The zero-order valence-electron chi connectivity index (χ0n) is 13.4. The number of rotatable bonds is 0. The summed E-state index contributed by atoms with van der Waals surface area (Å²) in [6, 6.07) is 0. The molecule has 0 bridgehead atoms. The summed E-state index contributed by atoms with van der Waals surface area (Å²) in [5.74, 6) is 2.60. The molecule has 4 aliphatic rings. The van der Waals surface area contributed by atoms with Crippen molar-refractivity contribution >= 4 is 5.78 Å². The standard InChI is InChI=1S/C19H28O2/c1-18-9-7-13(20)11-12(18)3-4-14-15-5-6-17(21)19(15,2)10-8-16(14)18/h3,13-16,20H,4-11H2,1-2H3/t13-,14-,15-,16?,18-,19-/m0/s1. The fourth-order valence-electron chi connectivity index (χ4n) is 6.41. The van der Waals surface area contributed by atoms with Crippen molar-refractivity contribution in [3.63, 3.8) is 0 Å². The summed E-state index contributed by atoms with van der Waals surface area (Å²) in [4.78, 5) is 12.4. The highest BCUT2D eigenvalue weighted by Crippen LogP contribution is 2.63. The van der Waals surface area contributed by atoms with Crippen molar-refractivity contribution in [1.29, 1.82) is 0 Å². The van der Waals surface area contributed by atoms with Crippen LogP contribution in [-0.4, -0.2) is 17.0 Å². The number of ketones is 1. The Kier molecular flexibility index (Phi) is 2.96. The third-order valence-corrected chi connectivity index (χ3v) is 7.79. The van der Waals surface area contributed by atoms with E-state index in [9.17, 15) is 9.90 Å². The molecule has 0 aromatic carbocycles. The van der Waals surface area contributed by atoms with Gasteiger partial charge in [-0.3, -0.25) is 4.79 Å². The Morgan fingerprint density at radius 3 is 2.62 bits per heavy atom. The Balaban J connectivity index is 1.69. The van der Waals surface area contributed by atoms with Gasteiger partial charge in [0, 0.05) is 11.8 Å². The van der Waals surface area contributed by atoms with Crippen LogP contribution in [0.3, 0.4) is 0 Å². The van der Waals surface area contributed by atoms with Gasteiger partial charge < -0.3 is 5.11 Å². The van der Waals surface area contributed by atoms with Crippen LogP contribution in [0.1, 0.15) is 65.2 Å². The van der Waals surface area contributed by atoms with Gasteiger partial charge in [0.15, 0.2) is 0 Å². The lowest BCUT2D eigenvalue weighted by atomic mass is 9.48. The topological polar surface area (TPSA) is 37.3 Å². The predicted molar refractivity (Wildman–Crippen MR) is 82.7 cm³/mol. The molecule has 1 N–H and O–H groups in total. The maximum absolute atomic E-state index is 12.4. The van der Waals surface area contributed by atoms with Crippen molar-refractivity contribution in [2.24, 2.45) is 28.6 Å². The van der Waals surface area contributed by atoms with E-state index in [1.165, 1.54) is 12.0 Å². The second-order valence-corrected chi connectivity index (χ2v) is 8.57. The molecule has 0 aliphatic heterocycles. The lowest BCUT2D eigenvalue weighted by Crippen LogP contribution is -2.50. The lowest BCUT2D eigenvalue weighted by Gasteiger charge is -2.56. The fourth-order valence-corrected chi connectivity index (χ4v) is 6.41. The van der Waals surface area contributed by atoms with Gasteiger partial charge in [0.2, 0.25) is 0 Å². The number of Topliss-reactive ketones (excluding diaryl/α,β-unsaturated/α-hetero) is 1. The Morgan fingerprint density at radius 1 is 1.10 bits per heavy atom. The first-order valence-electron chi connectivity index (χ1n) is 8.86. The average Bonchev–Trinajstić information content (AvgIpc) is 2.76. The van der Waals surface area contributed by atoms with Crippen LogP contribution in [-0.2, 0) is 4.79 Å². The van der Waals surface area contributed by atoms with E-state index in [2.05, 4.69) is 19.9 Å². The van der Waals surface area contributed by atoms with Crippen molar-refractivity contribution in [3.8, 4) is 0 Å². The van der Waals surface area contributed by atoms with E-state index < -0.39 is 0 Å². The Hall–Kier alpha value is -0.630. The van der Waals surface area contributed by atoms with Gasteiger partial charge in [-0.15, -0.1) is 0 Å². The van der Waals surface area contributed by atoms with Gasteiger partial charge >= 0.3 is 0 Å². The molecule has 4 rings (SSSR count). The van der Waals surface area contributed by atoms with Gasteiger partial charge in [-0.05, 0) is 68.1 Å². The molecular formula is C19H28O2. The molecular weight excluding hydrogens is 260 g/mol. The van der Waals surface area contributed by atoms with Gasteiger partial charge in [-0.25, -0.2) is 0 Å². The maximum atomic E-state index is 12.4. The molecule has 0 aromatic rings. The number of aliphatic hydroxyl groups is 1. The molecule has 0 spiro atoms. The molecule has 0 amide bonds. The summed E-state index contributed by atoms with van der Waals surface area (Å²) in [5, 5.41) is 10.00. The summed E-state index contributed by atoms with van der Waals surface area (Å²) < 4.78 is 0. The monoisotopic (exact) mass is 288 g/mol. The van der Waals surface area contributed by atoms with Crippen LogP contribution in [0.2, 0.25) is 0 Å². The Bertz CT molecular complexity index is 508. The molecule has 2 nitrogen and oxygen atoms in total. The predicted octanol–water partition coefficient (Wildman–Crippen LogP) is 3.88. The molecule has 3 saturated carbocycles. The van der Waals surface area contributed by atoms with E-state index in [1.54, 1.807) is 0 Å². The van der Waals surface area contributed by atoms with E-state index >= 15 is 0 Å². The van der Waals surface area contributed by atoms with Crippen LogP contribution in [0.25, 0.3) is 0 Å². The molecule has 116 valence electrons. The van der Waals surface area contributed by atoms with Crippen LogP contribution in [0.5, 0.6) is 0 Å². The maximum Gasteiger partial charge on any atom is 0.139 e. The first-order chi connectivity index (χ1) is 9.95. The van der Waals surface area contributed by atoms with Crippen molar-refractivity contribution in [2.75, 3.05) is 0 Å². The summed E-state index contributed by atoms with van der Waals surface area (Å²) in [6.45, 7) is 4.69. The number of carbonyl (C=O) groups is 1. The highest BCUT2D eigenvalue weighted by Gasteiger charge is 2.58. The second-order valence-electron chi connectivity index (χ2n) is 8.57. The van der Waals surface area contributed by atoms with Gasteiger partial charge in [0.1, 0.15) is 5.78 Å². The fraction of sp³-hybridized carbons (Fsp3) is 0.842. The zero-order chi connectivity index (χ0) is 14.8. The summed E-state index contributed by atoms with van der Waals surface area (Å²) in [7, 11) is 0. The third-order valence-electron chi connectivity index (χ3n) is 7.79. The molecule has 0 radical (unpaired) electrons. The van der Waals surface area contributed by atoms with Gasteiger partial charge in [0.05, 0.1) is 6.10 Å². The smallest absolute Gasteiger partial charge is 0.139 e. The third kappa shape index (κ3) is 1.78. The van der Waals surface area contributed by atoms with E-state index in [0.29, 0.717) is 23.0 Å². The second kappa shape index (κ2) is 4.44. The summed E-state index contributed by atoms with van der Waals surface area (Å²) >= 11 is 0. The quantitative estimate of drug-likeness (QED) is 0.687. The minimum atomic E-state index is -0.122. The van der Waals surface area contributed by atoms with Crippen molar-refractivity contribution in [1.82, 2.24) is 0 Å². The highest BCUT2D eigenvalue weighted by atomic mass is 16.3. The van der Waals surface area contributed by atoms with E-state index in [0.717, 1.165) is 50.9 Å². The normalized spacial score (nSPS) is 52.7. The summed E-state index contributed by atoms with van der Waals surface area (Å²) in [5.41, 5.74) is 1.81. The number of hydrogen-bond acceptors (Lipinski definition) is 2. The van der Waals surface area contributed by atoms with Gasteiger partial charge in [-0.1, -0.05) is 25.5 Å². The van der Waals surface area contributed by atoms with E-state index in [4.69, 9.17) is 0 Å². The average molecular weight is 288 g/mol. The number of allylic oxidation sites excluding steroid dienone is 1. The minimum absolute atomic E-state index is 0.0168. The van der Waals surface area contributed by atoms with Crippen molar-refractivity contribution < 1.29 is 9.90 Å². The first kappa shape index (κ1) is 14.0. The van der Waals surface area contributed by atoms with E-state index in [-0.39, 0.29) is 11.5 Å². The van der Waals surface area contributed by atoms with Gasteiger partial charge in [-0.2, -0.15) is 0 Å².